The van der Waals surface area contributed by atoms with Crippen molar-refractivity contribution in [3.63, 3.8) is 0 Å². The summed E-state index contributed by atoms with van der Waals surface area (Å²) < 4.78 is 0. The minimum atomic E-state index is -0.420. The summed E-state index contributed by atoms with van der Waals surface area (Å²) in [4.78, 5) is 23.6. The van der Waals surface area contributed by atoms with E-state index in [0.29, 0.717) is 30.9 Å². The maximum atomic E-state index is 11.2. The maximum Gasteiger partial charge on any atom is 0.273 e. The number of nitrogens with one attached hydrogen (secondary N) is 2. The molecule has 2 N–H and O–H groups in total. The zero-order valence-electron chi connectivity index (χ0n) is 12.0. The molecule has 0 saturated heterocycles. The predicted octanol–water partition coefficient (Wildman–Crippen LogP) is 1.60. The van der Waals surface area contributed by atoms with Crippen LogP contribution < -0.4 is 15.5 Å². The van der Waals surface area contributed by atoms with Crippen LogP contribution in [-0.4, -0.2) is 38.0 Å². The summed E-state index contributed by atoms with van der Waals surface area (Å²) in [5.74, 6) is -0.0609. The fourth-order valence-electron chi connectivity index (χ4n) is 1.75. The summed E-state index contributed by atoms with van der Waals surface area (Å²) in [6.45, 7) is 3.10. The summed E-state index contributed by atoms with van der Waals surface area (Å²) in [5, 5.41) is 16.6. The molecule has 0 aliphatic carbocycles. The molecular weight excluding hydrogens is 260 g/mol. The summed E-state index contributed by atoms with van der Waals surface area (Å²) in [6, 6.07) is 4.84. The Kier molecular flexibility index (Phi) is 5.76. The van der Waals surface area contributed by atoms with Crippen molar-refractivity contribution >= 4 is 23.0 Å². The molecular formula is C13H20N4O3. The van der Waals surface area contributed by atoms with Crippen molar-refractivity contribution in [1.29, 1.82) is 0 Å². The molecule has 0 saturated carbocycles. The van der Waals surface area contributed by atoms with Crippen LogP contribution in [0, 0.1) is 10.1 Å². The molecule has 110 valence electrons. The van der Waals surface area contributed by atoms with Crippen LogP contribution in [0.3, 0.4) is 0 Å². The topological polar surface area (TPSA) is 87.5 Å². The van der Waals surface area contributed by atoms with E-state index in [4.69, 9.17) is 0 Å². The highest BCUT2D eigenvalue weighted by Gasteiger charge is 2.12. The monoisotopic (exact) mass is 280 g/mol. The van der Waals surface area contributed by atoms with Crippen LogP contribution in [0.25, 0.3) is 0 Å². The fraction of sp³-hybridized carbons (Fsp3) is 0.462. The number of carbonyl (C=O) groups is 1. The molecule has 1 rings (SSSR count). The molecule has 0 bridgehead atoms. The van der Waals surface area contributed by atoms with E-state index in [2.05, 4.69) is 10.6 Å². The molecule has 1 aromatic carbocycles. The molecule has 20 heavy (non-hydrogen) atoms. The molecule has 0 aliphatic rings. The summed E-state index contributed by atoms with van der Waals surface area (Å²) in [5.41, 5.74) is 1.44. The Labute approximate surface area is 118 Å². The molecule has 7 heteroatoms. The number of non-ortho nitro benzene ring substituents is 1. The standard InChI is InChI=1S/C13H20N4O3/c1-4-15-10-7-11(9-12(8-10)17(19)20)16(3)6-5-13(18)14-2/h7-9,15H,4-6H2,1-3H3,(H,14,18). The minimum absolute atomic E-state index is 0.0326. The molecule has 0 spiro atoms. The third-order valence-electron chi connectivity index (χ3n) is 2.89. The van der Waals surface area contributed by atoms with Crippen molar-refractivity contribution in [2.45, 2.75) is 13.3 Å². The lowest BCUT2D eigenvalue weighted by Crippen LogP contribution is -2.26. The third kappa shape index (κ3) is 4.42. The first-order chi connectivity index (χ1) is 9.47. The van der Waals surface area contributed by atoms with E-state index < -0.39 is 4.92 Å². The van der Waals surface area contributed by atoms with Crippen LogP contribution in [0.2, 0.25) is 0 Å². The number of anilines is 2. The second-order valence-corrected chi connectivity index (χ2v) is 4.37. The minimum Gasteiger partial charge on any atom is -0.385 e. The lowest BCUT2D eigenvalue weighted by molar-refractivity contribution is -0.384. The molecule has 0 heterocycles. The highest BCUT2D eigenvalue weighted by molar-refractivity contribution is 5.76. The van der Waals surface area contributed by atoms with Crippen LogP contribution in [0.15, 0.2) is 18.2 Å². The van der Waals surface area contributed by atoms with Crippen molar-refractivity contribution < 1.29 is 9.72 Å². The Morgan fingerprint density at radius 1 is 1.40 bits per heavy atom. The average molecular weight is 280 g/mol. The van der Waals surface area contributed by atoms with Crippen LogP contribution in [-0.2, 0) is 4.79 Å². The van der Waals surface area contributed by atoms with E-state index >= 15 is 0 Å². The number of nitro benzene ring substituents is 1. The van der Waals surface area contributed by atoms with Crippen molar-refractivity contribution in [3.8, 4) is 0 Å². The van der Waals surface area contributed by atoms with E-state index in [1.807, 2.05) is 17.9 Å². The first-order valence-electron chi connectivity index (χ1n) is 6.43. The van der Waals surface area contributed by atoms with Crippen molar-refractivity contribution in [2.24, 2.45) is 0 Å². The van der Waals surface area contributed by atoms with Crippen LogP contribution in [0.1, 0.15) is 13.3 Å². The number of hydrogen-bond donors (Lipinski definition) is 2. The Morgan fingerprint density at radius 2 is 2.10 bits per heavy atom. The van der Waals surface area contributed by atoms with E-state index in [0.717, 1.165) is 0 Å². The van der Waals surface area contributed by atoms with E-state index in [9.17, 15) is 14.9 Å². The smallest absolute Gasteiger partial charge is 0.273 e. The van der Waals surface area contributed by atoms with E-state index in [-0.39, 0.29) is 11.6 Å². The Balaban J connectivity index is 2.91. The Bertz CT molecular complexity index is 491. The van der Waals surface area contributed by atoms with Gasteiger partial charge in [-0.25, -0.2) is 0 Å². The molecule has 0 aromatic heterocycles. The van der Waals surface area contributed by atoms with Crippen LogP contribution in [0.4, 0.5) is 17.1 Å². The van der Waals surface area contributed by atoms with Gasteiger partial charge >= 0.3 is 0 Å². The SMILES string of the molecule is CCNc1cc(N(C)CCC(=O)NC)cc([N+](=O)[O-])c1. The number of hydrogen-bond acceptors (Lipinski definition) is 5. The summed E-state index contributed by atoms with van der Waals surface area (Å²) in [7, 11) is 3.39. The molecule has 0 atom stereocenters. The van der Waals surface area contributed by atoms with Gasteiger partial charge in [-0.15, -0.1) is 0 Å². The number of amides is 1. The quantitative estimate of drug-likeness (QED) is 0.585. The zero-order chi connectivity index (χ0) is 15.1. The van der Waals surface area contributed by atoms with Crippen molar-refractivity contribution in [2.75, 3.05) is 37.4 Å². The lowest BCUT2D eigenvalue weighted by atomic mass is 10.2. The Hall–Kier alpha value is -2.31. The van der Waals surface area contributed by atoms with Gasteiger partial charge in [-0.05, 0) is 13.0 Å². The van der Waals surface area contributed by atoms with Gasteiger partial charge in [-0.1, -0.05) is 0 Å². The first kappa shape index (κ1) is 15.7. The maximum absolute atomic E-state index is 11.2. The summed E-state index contributed by atoms with van der Waals surface area (Å²) >= 11 is 0. The van der Waals surface area contributed by atoms with Gasteiger partial charge in [0, 0.05) is 57.1 Å². The van der Waals surface area contributed by atoms with Gasteiger partial charge in [0.15, 0.2) is 0 Å². The second-order valence-electron chi connectivity index (χ2n) is 4.37. The van der Waals surface area contributed by atoms with Crippen LogP contribution in [0.5, 0.6) is 0 Å². The van der Waals surface area contributed by atoms with Gasteiger partial charge in [-0.2, -0.15) is 0 Å². The molecule has 0 unspecified atom stereocenters. The predicted molar refractivity (Wildman–Crippen MR) is 79.2 cm³/mol. The molecule has 0 radical (unpaired) electrons. The molecule has 1 amide bonds. The highest BCUT2D eigenvalue weighted by atomic mass is 16.6. The van der Waals surface area contributed by atoms with Crippen molar-refractivity contribution in [1.82, 2.24) is 5.32 Å². The average Bonchev–Trinajstić information content (AvgIpc) is 2.44. The van der Waals surface area contributed by atoms with Gasteiger partial charge < -0.3 is 15.5 Å². The number of rotatable bonds is 7. The number of benzene rings is 1. The second kappa shape index (κ2) is 7.32. The Morgan fingerprint density at radius 3 is 2.65 bits per heavy atom. The molecule has 1 aromatic rings. The lowest BCUT2D eigenvalue weighted by Gasteiger charge is -2.19. The fourth-order valence-corrected chi connectivity index (χ4v) is 1.75. The number of nitro groups is 1. The summed E-state index contributed by atoms with van der Waals surface area (Å²) in [6.07, 6.45) is 0.340. The van der Waals surface area contributed by atoms with Gasteiger partial charge in [0.2, 0.25) is 5.91 Å². The van der Waals surface area contributed by atoms with Crippen molar-refractivity contribution in [3.05, 3.63) is 28.3 Å². The van der Waals surface area contributed by atoms with Crippen LogP contribution >= 0.6 is 0 Å². The number of nitrogens with zero attached hydrogens (tertiary/aromatic N) is 2. The van der Waals surface area contributed by atoms with Gasteiger partial charge in [0.1, 0.15) is 0 Å². The first-order valence-corrected chi connectivity index (χ1v) is 6.43. The zero-order valence-corrected chi connectivity index (χ0v) is 12.0. The van der Waals surface area contributed by atoms with E-state index in [1.165, 1.54) is 12.1 Å². The number of carbonyl (C=O) groups excluding carboxylic acids is 1. The normalized spacial score (nSPS) is 9.95. The van der Waals surface area contributed by atoms with E-state index in [1.54, 1.807) is 14.1 Å². The van der Waals surface area contributed by atoms with Gasteiger partial charge in [-0.3, -0.25) is 14.9 Å². The molecule has 7 nitrogen and oxygen atoms in total. The van der Waals surface area contributed by atoms with Gasteiger partial charge in [0.05, 0.1) is 4.92 Å². The van der Waals surface area contributed by atoms with Gasteiger partial charge in [0.25, 0.3) is 5.69 Å². The molecule has 0 fully saturated rings. The largest absolute Gasteiger partial charge is 0.385 e. The highest BCUT2D eigenvalue weighted by Crippen LogP contribution is 2.26. The molecule has 0 aliphatic heterocycles. The third-order valence-corrected chi connectivity index (χ3v) is 2.89.